The lowest BCUT2D eigenvalue weighted by atomic mass is 9.62. The summed E-state index contributed by atoms with van der Waals surface area (Å²) >= 11 is 0. The molecule has 1 N–H and O–H groups in total. The Labute approximate surface area is 234 Å². The van der Waals surface area contributed by atoms with E-state index in [-0.39, 0.29) is 36.3 Å². The fraction of sp³-hybridized carbons (Fsp3) is 0.774. The summed E-state index contributed by atoms with van der Waals surface area (Å²) in [6.45, 7) is 13.2. The zero-order chi connectivity index (χ0) is 28.4. The van der Waals surface area contributed by atoms with Gasteiger partial charge < -0.3 is 24.5 Å². The molecule has 2 bridgehead atoms. The number of carbonyl (C=O) groups excluding carboxylic acids is 3. The van der Waals surface area contributed by atoms with E-state index in [2.05, 4.69) is 20.1 Å². The standard InChI is InChI=1S/C31H49N3O5/c1-6-17-32(5)27(36)24-25-28(37)34(19-13-8-9-14-20-35)26(31(25)21-22(3)30(24,4)39-31)29(38)33(18-7-2)23-15-11-10-12-16-23/h6-7,22-26,35H,1-2,8-21H2,3-5H3/t22?,24-,25-,26?,30+,31?/m0/s1. The number of aliphatic hydroxyl groups is 1. The van der Waals surface area contributed by atoms with Crippen molar-refractivity contribution >= 4 is 17.7 Å². The van der Waals surface area contributed by atoms with Gasteiger partial charge in [0.15, 0.2) is 0 Å². The van der Waals surface area contributed by atoms with Crippen molar-refractivity contribution in [2.24, 2.45) is 17.8 Å². The van der Waals surface area contributed by atoms with Crippen LogP contribution in [-0.4, -0.2) is 94.1 Å². The Morgan fingerprint density at radius 2 is 1.74 bits per heavy atom. The normalized spacial score (nSPS) is 33.7. The number of unbranched alkanes of at least 4 members (excludes halogenated alkanes) is 3. The SMILES string of the molecule is C=CCN(C)C(=O)[C@@H]1[C@H]2C(=O)N(CCCCCCO)C(C(=O)N(CC=C)C3CCCCC3)C23CC(C)[C@@]1(C)O3. The van der Waals surface area contributed by atoms with E-state index in [1.807, 2.05) is 11.8 Å². The van der Waals surface area contributed by atoms with Crippen LogP contribution < -0.4 is 0 Å². The molecule has 3 unspecified atom stereocenters. The molecule has 8 heteroatoms. The van der Waals surface area contributed by atoms with Crippen LogP contribution in [0.15, 0.2) is 25.3 Å². The number of nitrogens with zero attached hydrogens (tertiary/aromatic N) is 3. The summed E-state index contributed by atoms with van der Waals surface area (Å²) in [7, 11) is 1.74. The van der Waals surface area contributed by atoms with Gasteiger partial charge in [0, 0.05) is 39.3 Å². The summed E-state index contributed by atoms with van der Waals surface area (Å²) in [4.78, 5) is 48.2. The van der Waals surface area contributed by atoms with Crippen LogP contribution in [0.1, 0.15) is 78.1 Å². The number of ether oxygens (including phenoxy) is 1. The Kier molecular flexibility index (Phi) is 9.26. The zero-order valence-corrected chi connectivity index (χ0v) is 24.3. The van der Waals surface area contributed by atoms with Crippen LogP contribution in [0.5, 0.6) is 0 Å². The largest absolute Gasteiger partial charge is 0.396 e. The second-order valence-electron chi connectivity index (χ2n) is 12.5. The third kappa shape index (κ3) is 5.08. The van der Waals surface area contributed by atoms with Crippen LogP contribution in [0.2, 0.25) is 0 Å². The molecule has 39 heavy (non-hydrogen) atoms. The lowest BCUT2D eigenvalue weighted by molar-refractivity contribution is -0.155. The first-order valence-electron chi connectivity index (χ1n) is 15.1. The van der Waals surface area contributed by atoms with Gasteiger partial charge >= 0.3 is 0 Å². The lowest BCUT2D eigenvalue weighted by Crippen LogP contribution is -2.58. The maximum atomic E-state index is 14.6. The number of fused-ring (bicyclic) bond motifs is 1. The molecule has 8 nitrogen and oxygen atoms in total. The van der Waals surface area contributed by atoms with Crippen LogP contribution in [0, 0.1) is 17.8 Å². The van der Waals surface area contributed by atoms with Crippen molar-refractivity contribution in [3.63, 3.8) is 0 Å². The van der Waals surface area contributed by atoms with E-state index in [0.29, 0.717) is 26.1 Å². The topological polar surface area (TPSA) is 90.4 Å². The maximum absolute atomic E-state index is 14.6. The molecule has 4 fully saturated rings. The van der Waals surface area contributed by atoms with Crippen LogP contribution in [0.4, 0.5) is 0 Å². The van der Waals surface area contributed by atoms with Gasteiger partial charge in [-0.1, -0.05) is 51.2 Å². The highest BCUT2D eigenvalue weighted by Gasteiger charge is 2.80. The van der Waals surface area contributed by atoms with E-state index >= 15 is 0 Å². The highest BCUT2D eigenvalue weighted by molar-refractivity contribution is 5.99. The molecule has 4 rings (SSSR count). The third-order valence-corrected chi connectivity index (χ3v) is 10.0. The number of likely N-dealkylation sites (N-methyl/N-ethyl adjacent to an activating group) is 1. The summed E-state index contributed by atoms with van der Waals surface area (Å²) in [5.41, 5.74) is -1.83. The minimum atomic E-state index is -1.02. The number of hydrogen-bond donors (Lipinski definition) is 1. The molecular formula is C31H49N3O5. The van der Waals surface area contributed by atoms with Gasteiger partial charge in [-0.25, -0.2) is 0 Å². The van der Waals surface area contributed by atoms with Gasteiger partial charge in [-0.2, -0.15) is 0 Å². The molecule has 218 valence electrons. The molecule has 0 aromatic carbocycles. The summed E-state index contributed by atoms with van der Waals surface area (Å²) in [6.07, 6.45) is 12.5. The summed E-state index contributed by atoms with van der Waals surface area (Å²) in [5.74, 6) is -1.60. The van der Waals surface area contributed by atoms with Crippen LogP contribution in [0.3, 0.4) is 0 Å². The van der Waals surface area contributed by atoms with Crippen molar-refractivity contribution in [3.05, 3.63) is 25.3 Å². The quantitative estimate of drug-likeness (QED) is 0.284. The van der Waals surface area contributed by atoms with E-state index < -0.39 is 29.1 Å². The van der Waals surface area contributed by atoms with Crippen LogP contribution >= 0.6 is 0 Å². The van der Waals surface area contributed by atoms with Crippen molar-refractivity contribution in [1.82, 2.24) is 14.7 Å². The predicted octanol–water partition coefficient (Wildman–Crippen LogP) is 3.54. The monoisotopic (exact) mass is 543 g/mol. The van der Waals surface area contributed by atoms with E-state index in [9.17, 15) is 19.5 Å². The van der Waals surface area contributed by atoms with Gasteiger partial charge in [0.2, 0.25) is 17.7 Å². The number of likely N-dealkylation sites (tertiary alicyclic amines) is 1. The predicted molar refractivity (Wildman–Crippen MR) is 151 cm³/mol. The van der Waals surface area contributed by atoms with Crippen LogP contribution in [0.25, 0.3) is 0 Å². The van der Waals surface area contributed by atoms with Gasteiger partial charge in [0.25, 0.3) is 0 Å². The number of rotatable bonds is 13. The molecule has 1 spiro atoms. The Bertz CT molecular complexity index is 949. The minimum Gasteiger partial charge on any atom is -0.396 e. The molecule has 3 heterocycles. The smallest absolute Gasteiger partial charge is 0.248 e. The Balaban J connectivity index is 1.73. The van der Waals surface area contributed by atoms with Crippen molar-refractivity contribution in [2.75, 3.05) is 33.3 Å². The molecule has 4 aliphatic rings. The van der Waals surface area contributed by atoms with E-state index in [1.165, 1.54) is 6.42 Å². The number of amides is 3. The number of aliphatic hydroxyl groups excluding tert-OH is 1. The molecule has 6 atom stereocenters. The molecule has 3 aliphatic heterocycles. The van der Waals surface area contributed by atoms with Gasteiger partial charge in [-0.05, 0) is 44.9 Å². The van der Waals surface area contributed by atoms with E-state index in [0.717, 1.165) is 51.4 Å². The molecular weight excluding hydrogens is 494 g/mol. The average Bonchev–Trinajstić information content (AvgIpc) is 3.43. The number of carbonyl (C=O) groups is 3. The van der Waals surface area contributed by atoms with Crippen LogP contribution in [-0.2, 0) is 19.1 Å². The molecule has 1 aliphatic carbocycles. The molecule has 0 aromatic rings. The van der Waals surface area contributed by atoms with Crippen molar-refractivity contribution < 1.29 is 24.2 Å². The van der Waals surface area contributed by atoms with E-state index in [4.69, 9.17) is 4.74 Å². The summed E-state index contributed by atoms with van der Waals surface area (Å²) in [5, 5.41) is 9.18. The first kappa shape index (κ1) is 29.8. The Hall–Kier alpha value is -2.19. The highest BCUT2D eigenvalue weighted by Crippen LogP contribution is 2.65. The second kappa shape index (κ2) is 12.1. The highest BCUT2D eigenvalue weighted by atomic mass is 16.5. The van der Waals surface area contributed by atoms with Crippen molar-refractivity contribution in [3.8, 4) is 0 Å². The van der Waals surface area contributed by atoms with Crippen molar-refractivity contribution in [1.29, 1.82) is 0 Å². The first-order valence-corrected chi connectivity index (χ1v) is 15.1. The van der Waals surface area contributed by atoms with Gasteiger partial charge in [0.1, 0.15) is 11.6 Å². The van der Waals surface area contributed by atoms with Gasteiger partial charge in [-0.15, -0.1) is 13.2 Å². The fourth-order valence-electron chi connectivity index (χ4n) is 8.01. The third-order valence-electron chi connectivity index (χ3n) is 10.0. The minimum absolute atomic E-state index is 0.0231. The molecule has 3 amide bonds. The molecule has 0 aromatic heterocycles. The van der Waals surface area contributed by atoms with Gasteiger partial charge in [-0.3, -0.25) is 14.4 Å². The zero-order valence-electron chi connectivity index (χ0n) is 24.3. The second-order valence-corrected chi connectivity index (χ2v) is 12.5. The Morgan fingerprint density at radius 3 is 2.38 bits per heavy atom. The lowest BCUT2D eigenvalue weighted by Gasteiger charge is -2.41. The first-order chi connectivity index (χ1) is 18.7. The average molecular weight is 544 g/mol. The van der Waals surface area contributed by atoms with E-state index in [1.54, 1.807) is 29.0 Å². The number of hydrogen-bond acceptors (Lipinski definition) is 5. The summed E-state index contributed by atoms with van der Waals surface area (Å²) < 4.78 is 6.90. The van der Waals surface area contributed by atoms with Gasteiger partial charge in [0.05, 0.1) is 17.4 Å². The maximum Gasteiger partial charge on any atom is 0.248 e. The fourth-order valence-corrected chi connectivity index (χ4v) is 8.01. The summed E-state index contributed by atoms with van der Waals surface area (Å²) in [6, 6.07) is -0.620. The molecule has 0 radical (unpaired) electrons. The molecule has 1 saturated carbocycles. The van der Waals surface area contributed by atoms with Crippen molar-refractivity contribution in [2.45, 2.75) is 101 Å². The molecule has 3 saturated heterocycles. The Morgan fingerprint density at radius 1 is 1.08 bits per heavy atom.